The van der Waals surface area contributed by atoms with Crippen molar-refractivity contribution in [2.75, 3.05) is 16.8 Å². The summed E-state index contributed by atoms with van der Waals surface area (Å²) in [6.07, 6.45) is 0.671. The molecule has 7 heteroatoms. The predicted molar refractivity (Wildman–Crippen MR) is 92.7 cm³/mol. The van der Waals surface area contributed by atoms with Crippen molar-refractivity contribution in [2.24, 2.45) is 0 Å². The van der Waals surface area contributed by atoms with E-state index >= 15 is 0 Å². The first kappa shape index (κ1) is 14.8. The zero-order chi connectivity index (χ0) is 16.7. The third-order valence-electron chi connectivity index (χ3n) is 4.11. The normalized spacial score (nSPS) is 17.6. The van der Waals surface area contributed by atoms with Crippen LogP contribution in [0.4, 0.5) is 11.4 Å². The predicted octanol–water partition coefficient (Wildman–Crippen LogP) is 2.99. The lowest BCUT2D eigenvalue weighted by Crippen LogP contribution is -2.33. The summed E-state index contributed by atoms with van der Waals surface area (Å²) in [6, 6.07) is 12.2. The maximum absolute atomic E-state index is 12.7. The van der Waals surface area contributed by atoms with E-state index in [1.165, 1.54) is 0 Å². The van der Waals surface area contributed by atoms with E-state index in [0.717, 1.165) is 11.4 Å². The molecular formula is C17H14ClN3O3. The highest BCUT2D eigenvalue weighted by atomic mass is 35.5. The van der Waals surface area contributed by atoms with Crippen LogP contribution in [-0.4, -0.2) is 23.5 Å². The summed E-state index contributed by atoms with van der Waals surface area (Å²) in [7, 11) is 0. The fourth-order valence-corrected chi connectivity index (χ4v) is 3.20. The number of fused-ring (bicyclic) bond motifs is 1. The molecule has 1 aromatic heterocycles. The lowest BCUT2D eigenvalue weighted by atomic mass is 10.2. The summed E-state index contributed by atoms with van der Waals surface area (Å²) < 4.78 is 4.97. The fourth-order valence-electron chi connectivity index (χ4n) is 2.97. The molecule has 6 nitrogen and oxygen atoms in total. The third-order valence-corrected chi connectivity index (χ3v) is 4.43. The van der Waals surface area contributed by atoms with Crippen LogP contribution >= 0.6 is 11.6 Å². The molecule has 1 aliphatic rings. The monoisotopic (exact) mass is 343 g/mol. The van der Waals surface area contributed by atoms with Gasteiger partial charge in [-0.05, 0) is 36.8 Å². The van der Waals surface area contributed by atoms with Crippen LogP contribution in [0.5, 0.6) is 0 Å². The van der Waals surface area contributed by atoms with Crippen LogP contribution < -0.4 is 16.0 Å². The van der Waals surface area contributed by atoms with Crippen molar-refractivity contribution in [3.63, 3.8) is 0 Å². The highest BCUT2D eigenvalue weighted by molar-refractivity contribution is 6.34. The largest absolute Gasteiger partial charge is 0.417 e. The van der Waals surface area contributed by atoms with E-state index in [1.54, 1.807) is 29.2 Å². The van der Waals surface area contributed by atoms with E-state index in [4.69, 9.17) is 16.0 Å². The van der Waals surface area contributed by atoms with E-state index in [-0.39, 0.29) is 11.9 Å². The number of anilines is 2. The number of hydrogen-bond acceptors (Lipinski definition) is 4. The van der Waals surface area contributed by atoms with Gasteiger partial charge in [0.05, 0.1) is 16.2 Å². The average Bonchev–Trinajstić information content (AvgIpc) is 3.10. The number of para-hydroxylation sites is 1. The summed E-state index contributed by atoms with van der Waals surface area (Å²) in [4.78, 5) is 28.2. The fraction of sp³-hybridized carbons (Fsp3) is 0.176. The summed E-state index contributed by atoms with van der Waals surface area (Å²) in [6.45, 7) is 0.602. The minimum atomic E-state index is -0.496. The second-order valence-electron chi connectivity index (χ2n) is 5.65. The molecule has 0 unspecified atom stereocenters. The molecule has 1 amide bonds. The molecule has 0 bridgehead atoms. The molecule has 1 aliphatic heterocycles. The van der Waals surface area contributed by atoms with Gasteiger partial charge in [-0.3, -0.25) is 9.78 Å². The van der Waals surface area contributed by atoms with Crippen LogP contribution in [0.1, 0.15) is 6.42 Å². The Morgan fingerprint density at radius 3 is 2.88 bits per heavy atom. The van der Waals surface area contributed by atoms with Crippen molar-refractivity contribution in [3.05, 3.63) is 58.0 Å². The SMILES string of the molecule is O=C1[C@@H](Nc2ccc3oc(=O)[nH]c3c2)CCN1c1ccccc1Cl. The number of aromatic nitrogens is 1. The average molecular weight is 344 g/mol. The standard InChI is InChI=1S/C17H14ClN3O3/c18-11-3-1-2-4-14(11)21-8-7-12(16(21)22)19-10-5-6-15-13(9-10)20-17(23)24-15/h1-6,9,12,19H,7-8H2,(H,20,23)/t12-/m0/s1. The van der Waals surface area contributed by atoms with Crippen molar-refractivity contribution in [3.8, 4) is 0 Å². The quantitative estimate of drug-likeness (QED) is 0.766. The topological polar surface area (TPSA) is 78.3 Å². The van der Waals surface area contributed by atoms with Gasteiger partial charge in [0.1, 0.15) is 6.04 Å². The van der Waals surface area contributed by atoms with Gasteiger partial charge in [-0.25, -0.2) is 4.79 Å². The van der Waals surface area contributed by atoms with Gasteiger partial charge in [-0.1, -0.05) is 23.7 Å². The van der Waals surface area contributed by atoms with Gasteiger partial charge in [0.25, 0.3) is 0 Å². The number of carbonyl (C=O) groups is 1. The van der Waals surface area contributed by atoms with Gasteiger partial charge >= 0.3 is 5.76 Å². The van der Waals surface area contributed by atoms with Gasteiger partial charge in [0.2, 0.25) is 5.91 Å². The molecule has 0 saturated carbocycles. The molecule has 2 aromatic carbocycles. The Kier molecular flexibility index (Phi) is 3.54. The van der Waals surface area contributed by atoms with E-state index in [2.05, 4.69) is 10.3 Å². The summed E-state index contributed by atoms with van der Waals surface area (Å²) in [5, 5.41) is 3.77. The molecule has 0 aliphatic carbocycles. The van der Waals surface area contributed by atoms with Crippen LogP contribution in [0.2, 0.25) is 5.02 Å². The molecule has 0 spiro atoms. The molecule has 1 fully saturated rings. The summed E-state index contributed by atoms with van der Waals surface area (Å²) in [5.41, 5.74) is 2.56. The Labute approximate surface area is 142 Å². The Morgan fingerprint density at radius 1 is 1.21 bits per heavy atom. The smallest absolute Gasteiger partial charge is 0.408 e. The highest BCUT2D eigenvalue weighted by Crippen LogP contribution is 2.30. The van der Waals surface area contributed by atoms with Crippen LogP contribution in [0, 0.1) is 0 Å². The zero-order valence-electron chi connectivity index (χ0n) is 12.6. The number of H-pyrrole nitrogens is 1. The van der Waals surface area contributed by atoms with Crippen molar-refractivity contribution < 1.29 is 9.21 Å². The maximum atomic E-state index is 12.7. The number of amides is 1. The second kappa shape index (κ2) is 5.72. The molecule has 3 aromatic rings. The van der Waals surface area contributed by atoms with Gasteiger partial charge in [0.15, 0.2) is 5.58 Å². The Balaban J connectivity index is 1.56. The van der Waals surface area contributed by atoms with Crippen molar-refractivity contribution in [1.29, 1.82) is 0 Å². The minimum absolute atomic E-state index is 0.0242. The van der Waals surface area contributed by atoms with Gasteiger partial charge in [-0.2, -0.15) is 0 Å². The van der Waals surface area contributed by atoms with E-state index < -0.39 is 5.76 Å². The molecule has 2 heterocycles. The molecular weight excluding hydrogens is 330 g/mol. The van der Waals surface area contributed by atoms with E-state index in [9.17, 15) is 9.59 Å². The first-order chi connectivity index (χ1) is 11.6. The van der Waals surface area contributed by atoms with E-state index in [0.29, 0.717) is 29.1 Å². The highest BCUT2D eigenvalue weighted by Gasteiger charge is 2.33. The number of rotatable bonds is 3. The number of carbonyl (C=O) groups excluding carboxylic acids is 1. The first-order valence-corrected chi connectivity index (χ1v) is 7.95. The van der Waals surface area contributed by atoms with Gasteiger partial charge in [-0.15, -0.1) is 0 Å². The number of oxazole rings is 1. The first-order valence-electron chi connectivity index (χ1n) is 7.57. The van der Waals surface area contributed by atoms with Crippen LogP contribution in [0.3, 0.4) is 0 Å². The molecule has 24 heavy (non-hydrogen) atoms. The Bertz CT molecular complexity index is 978. The molecule has 122 valence electrons. The molecule has 4 rings (SSSR count). The van der Waals surface area contributed by atoms with Crippen LogP contribution in [0.15, 0.2) is 51.7 Å². The molecule has 2 N–H and O–H groups in total. The Morgan fingerprint density at radius 2 is 2.04 bits per heavy atom. The van der Waals surface area contributed by atoms with Crippen molar-refractivity contribution in [2.45, 2.75) is 12.5 Å². The number of nitrogens with one attached hydrogen (secondary N) is 2. The minimum Gasteiger partial charge on any atom is -0.408 e. The van der Waals surface area contributed by atoms with Crippen molar-refractivity contribution >= 4 is 40.0 Å². The lowest BCUT2D eigenvalue weighted by molar-refractivity contribution is -0.117. The molecule has 1 atom stereocenters. The Hall–Kier alpha value is -2.73. The number of aromatic amines is 1. The lowest BCUT2D eigenvalue weighted by Gasteiger charge is -2.18. The van der Waals surface area contributed by atoms with E-state index in [1.807, 2.05) is 18.2 Å². The number of benzene rings is 2. The van der Waals surface area contributed by atoms with Gasteiger partial charge in [0, 0.05) is 12.2 Å². The summed E-state index contributed by atoms with van der Waals surface area (Å²) >= 11 is 6.19. The van der Waals surface area contributed by atoms with Crippen LogP contribution in [-0.2, 0) is 4.79 Å². The zero-order valence-corrected chi connectivity index (χ0v) is 13.3. The second-order valence-corrected chi connectivity index (χ2v) is 6.06. The number of nitrogens with zero attached hydrogens (tertiary/aromatic N) is 1. The van der Waals surface area contributed by atoms with Gasteiger partial charge < -0.3 is 14.6 Å². The summed E-state index contributed by atoms with van der Waals surface area (Å²) in [5.74, 6) is -0.520. The third kappa shape index (κ3) is 2.55. The number of hydrogen-bond donors (Lipinski definition) is 2. The molecule has 0 radical (unpaired) electrons. The van der Waals surface area contributed by atoms with Crippen molar-refractivity contribution in [1.82, 2.24) is 4.98 Å². The molecule has 1 saturated heterocycles. The van der Waals surface area contributed by atoms with Crippen LogP contribution in [0.25, 0.3) is 11.1 Å². The number of halogens is 1. The maximum Gasteiger partial charge on any atom is 0.417 e.